The molecule has 1 aliphatic heterocycles. The van der Waals surface area contributed by atoms with E-state index in [9.17, 15) is 4.79 Å². The van der Waals surface area contributed by atoms with Crippen LogP contribution in [-0.2, 0) is 6.54 Å². The van der Waals surface area contributed by atoms with Gasteiger partial charge in [0, 0.05) is 25.2 Å². The molecule has 4 rings (SSSR count). The molecule has 114 valence electrons. The van der Waals surface area contributed by atoms with Gasteiger partial charge in [-0.15, -0.1) is 11.3 Å². The first-order chi connectivity index (χ1) is 11.2. The van der Waals surface area contributed by atoms with E-state index in [1.807, 2.05) is 29.6 Å². The molecule has 0 aliphatic carbocycles. The number of hydrogen-bond acceptors (Lipinski definition) is 5. The first-order valence-corrected chi connectivity index (χ1v) is 8.01. The Bertz CT molecular complexity index is 877. The third kappa shape index (κ3) is 2.57. The predicted molar refractivity (Wildman–Crippen MR) is 87.7 cm³/mol. The lowest BCUT2D eigenvalue weighted by molar-refractivity contribution is 0.0816. The van der Waals surface area contributed by atoms with Crippen LogP contribution >= 0.6 is 11.3 Å². The summed E-state index contributed by atoms with van der Waals surface area (Å²) in [4.78, 5) is 23.1. The van der Waals surface area contributed by atoms with Gasteiger partial charge < -0.3 is 9.64 Å². The fourth-order valence-corrected chi connectivity index (χ4v) is 3.27. The first-order valence-electron chi connectivity index (χ1n) is 7.13. The lowest BCUT2D eigenvalue weighted by atomic mass is 10.1. The number of carbonyl (C=O) groups excluding carboxylic acids is 1. The molecule has 0 saturated carbocycles. The number of thiophene rings is 1. The second-order valence-corrected chi connectivity index (χ2v) is 6.25. The van der Waals surface area contributed by atoms with E-state index in [0.29, 0.717) is 18.2 Å². The average Bonchev–Trinajstić information content (AvgIpc) is 3.17. The van der Waals surface area contributed by atoms with Crippen molar-refractivity contribution in [2.24, 2.45) is 0 Å². The molecule has 1 aliphatic rings. The molecule has 23 heavy (non-hydrogen) atoms. The number of rotatable bonds is 3. The summed E-state index contributed by atoms with van der Waals surface area (Å²) in [6, 6.07) is 11.3. The third-order valence-electron chi connectivity index (χ3n) is 3.70. The maximum absolute atomic E-state index is 11.9. The molecule has 6 heteroatoms. The molecule has 0 radical (unpaired) electrons. The summed E-state index contributed by atoms with van der Waals surface area (Å²) in [5.41, 5.74) is 2.55. The minimum absolute atomic E-state index is 0.0496. The molecular formula is C17H13N3O2S. The van der Waals surface area contributed by atoms with Gasteiger partial charge in [0.2, 0.25) is 5.88 Å². The molecule has 1 amide bonds. The van der Waals surface area contributed by atoms with E-state index in [2.05, 4.69) is 9.97 Å². The maximum Gasteiger partial charge on any atom is 0.254 e. The van der Waals surface area contributed by atoms with Crippen LogP contribution < -0.4 is 4.74 Å². The van der Waals surface area contributed by atoms with Crippen molar-refractivity contribution in [3.63, 3.8) is 0 Å². The van der Waals surface area contributed by atoms with Crippen molar-refractivity contribution in [2.45, 2.75) is 6.54 Å². The van der Waals surface area contributed by atoms with Crippen LogP contribution in [0, 0.1) is 0 Å². The van der Waals surface area contributed by atoms with Gasteiger partial charge in [-0.1, -0.05) is 6.07 Å². The fourth-order valence-electron chi connectivity index (χ4n) is 2.58. The van der Waals surface area contributed by atoms with E-state index in [1.165, 1.54) is 6.33 Å². The Labute approximate surface area is 137 Å². The summed E-state index contributed by atoms with van der Waals surface area (Å²) in [6.45, 7) is 0.607. The molecule has 2 aromatic heterocycles. The summed E-state index contributed by atoms with van der Waals surface area (Å²) in [5, 5.41) is 2.01. The molecule has 0 N–H and O–H groups in total. The molecule has 1 aromatic carbocycles. The Balaban J connectivity index is 1.61. The van der Waals surface area contributed by atoms with Crippen molar-refractivity contribution >= 4 is 17.2 Å². The highest BCUT2D eigenvalue weighted by Gasteiger charge is 2.24. The SMILES string of the molecule is CN1Cc2cc(Oc3cc(-c4cccs4)ncn3)ccc2C1=O. The lowest BCUT2D eigenvalue weighted by Crippen LogP contribution is -2.17. The van der Waals surface area contributed by atoms with E-state index in [4.69, 9.17) is 4.74 Å². The second kappa shape index (κ2) is 5.48. The van der Waals surface area contributed by atoms with Crippen molar-refractivity contribution in [2.75, 3.05) is 7.05 Å². The summed E-state index contributed by atoms with van der Waals surface area (Å²) in [5.74, 6) is 1.21. The molecule has 0 fully saturated rings. The van der Waals surface area contributed by atoms with Crippen LogP contribution in [0.15, 0.2) is 48.1 Å². The minimum Gasteiger partial charge on any atom is -0.439 e. The van der Waals surface area contributed by atoms with Gasteiger partial charge in [-0.05, 0) is 35.2 Å². The van der Waals surface area contributed by atoms with Crippen molar-refractivity contribution in [1.29, 1.82) is 0 Å². The van der Waals surface area contributed by atoms with Crippen LogP contribution in [0.1, 0.15) is 15.9 Å². The first kappa shape index (κ1) is 13.9. The second-order valence-electron chi connectivity index (χ2n) is 5.30. The van der Waals surface area contributed by atoms with Gasteiger partial charge in [0.1, 0.15) is 12.1 Å². The Morgan fingerprint density at radius 3 is 2.96 bits per heavy atom. The van der Waals surface area contributed by atoms with Crippen LogP contribution in [-0.4, -0.2) is 27.8 Å². The van der Waals surface area contributed by atoms with Crippen LogP contribution in [0.25, 0.3) is 10.6 Å². The Morgan fingerprint density at radius 2 is 2.13 bits per heavy atom. The zero-order valence-corrected chi connectivity index (χ0v) is 13.2. The number of ether oxygens (including phenoxy) is 1. The van der Waals surface area contributed by atoms with Gasteiger partial charge in [-0.25, -0.2) is 9.97 Å². The monoisotopic (exact) mass is 323 g/mol. The summed E-state index contributed by atoms with van der Waals surface area (Å²) >= 11 is 1.62. The van der Waals surface area contributed by atoms with Gasteiger partial charge in [0.05, 0.1) is 10.6 Å². The number of hydrogen-bond donors (Lipinski definition) is 0. The number of aromatic nitrogens is 2. The van der Waals surface area contributed by atoms with Crippen LogP contribution in [0.5, 0.6) is 11.6 Å². The Hall–Kier alpha value is -2.73. The van der Waals surface area contributed by atoms with Crippen molar-refractivity contribution in [3.8, 4) is 22.2 Å². The van der Waals surface area contributed by atoms with Crippen molar-refractivity contribution < 1.29 is 9.53 Å². The summed E-state index contributed by atoms with van der Waals surface area (Å²) in [6.07, 6.45) is 1.50. The molecule has 0 bridgehead atoms. The highest BCUT2D eigenvalue weighted by Crippen LogP contribution is 2.30. The number of benzene rings is 1. The molecule has 3 heterocycles. The fraction of sp³-hybridized carbons (Fsp3) is 0.118. The van der Waals surface area contributed by atoms with Gasteiger partial charge in [0.15, 0.2) is 0 Å². The standard InChI is InChI=1S/C17H13N3O2S/c1-20-9-11-7-12(4-5-13(11)17(20)21)22-16-8-14(18-10-19-16)15-3-2-6-23-15/h2-8,10H,9H2,1H3. The predicted octanol–water partition coefficient (Wildman–Crippen LogP) is 3.58. The lowest BCUT2D eigenvalue weighted by Gasteiger charge is -2.06. The number of fused-ring (bicyclic) bond motifs is 1. The van der Waals surface area contributed by atoms with Gasteiger partial charge in [-0.3, -0.25) is 4.79 Å². The van der Waals surface area contributed by atoms with Gasteiger partial charge in [-0.2, -0.15) is 0 Å². The van der Waals surface area contributed by atoms with E-state index in [-0.39, 0.29) is 5.91 Å². The van der Waals surface area contributed by atoms with Crippen molar-refractivity contribution in [1.82, 2.24) is 14.9 Å². The summed E-state index contributed by atoms with van der Waals surface area (Å²) < 4.78 is 5.84. The van der Waals surface area contributed by atoms with E-state index < -0.39 is 0 Å². The van der Waals surface area contributed by atoms with Crippen LogP contribution in [0.4, 0.5) is 0 Å². The molecule has 0 atom stereocenters. The molecule has 0 saturated heterocycles. The van der Waals surface area contributed by atoms with E-state index in [1.54, 1.807) is 35.4 Å². The Morgan fingerprint density at radius 1 is 1.22 bits per heavy atom. The molecular weight excluding hydrogens is 310 g/mol. The number of nitrogens with zero attached hydrogens (tertiary/aromatic N) is 3. The highest BCUT2D eigenvalue weighted by molar-refractivity contribution is 7.13. The zero-order valence-electron chi connectivity index (χ0n) is 12.4. The summed E-state index contributed by atoms with van der Waals surface area (Å²) in [7, 11) is 1.79. The van der Waals surface area contributed by atoms with Gasteiger partial charge in [0.25, 0.3) is 5.91 Å². The maximum atomic E-state index is 11.9. The van der Waals surface area contributed by atoms with E-state index >= 15 is 0 Å². The van der Waals surface area contributed by atoms with Gasteiger partial charge >= 0.3 is 0 Å². The average molecular weight is 323 g/mol. The topological polar surface area (TPSA) is 55.3 Å². The quantitative estimate of drug-likeness (QED) is 0.739. The van der Waals surface area contributed by atoms with Crippen LogP contribution in [0.2, 0.25) is 0 Å². The normalized spacial score (nSPS) is 13.3. The highest BCUT2D eigenvalue weighted by atomic mass is 32.1. The zero-order chi connectivity index (χ0) is 15.8. The minimum atomic E-state index is 0.0496. The molecule has 5 nitrogen and oxygen atoms in total. The third-order valence-corrected chi connectivity index (χ3v) is 4.59. The van der Waals surface area contributed by atoms with Crippen LogP contribution in [0.3, 0.4) is 0 Å². The van der Waals surface area contributed by atoms with E-state index in [0.717, 1.165) is 21.7 Å². The molecule has 0 spiro atoms. The number of amides is 1. The van der Waals surface area contributed by atoms with Crippen molar-refractivity contribution in [3.05, 3.63) is 59.2 Å². The number of carbonyl (C=O) groups is 1. The Kier molecular flexibility index (Phi) is 3.31. The smallest absolute Gasteiger partial charge is 0.254 e. The molecule has 3 aromatic rings. The largest absolute Gasteiger partial charge is 0.439 e. The molecule has 0 unspecified atom stereocenters.